The summed E-state index contributed by atoms with van der Waals surface area (Å²) >= 11 is 5.77. The SMILES string of the molecule is C=CCCCCCn1c(CC)nc(Cl)cc1=O. The Morgan fingerprint density at radius 2 is 2.24 bits per heavy atom. The van der Waals surface area contributed by atoms with Gasteiger partial charge in [-0.1, -0.05) is 31.0 Å². The monoisotopic (exact) mass is 254 g/mol. The average molecular weight is 255 g/mol. The molecule has 1 heterocycles. The van der Waals surface area contributed by atoms with E-state index < -0.39 is 0 Å². The predicted molar refractivity (Wildman–Crippen MR) is 71.6 cm³/mol. The second-order valence-electron chi connectivity index (χ2n) is 3.98. The van der Waals surface area contributed by atoms with Crippen molar-refractivity contribution in [1.29, 1.82) is 0 Å². The van der Waals surface area contributed by atoms with Crippen molar-refractivity contribution >= 4 is 11.6 Å². The van der Waals surface area contributed by atoms with Gasteiger partial charge < -0.3 is 0 Å². The molecule has 94 valence electrons. The fraction of sp³-hybridized carbons (Fsp3) is 0.538. The quantitative estimate of drug-likeness (QED) is 0.425. The van der Waals surface area contributed by atoms with Crippen LogP contribution in [0.1, 0.15) is 38.4 Å². The van der Waals surface area contributed by atoms with E-state index in [1.165, 1.54) is 6.07 Å². The van der Waals surface area contributed by atoms with Gasteiger partial charge in [-0.05, 0) is 19.3 Å². The van der Waals surface area contributed by atoms with E-state index in [0.717, 1.165) is 44.5 Å². The van der Waals surface area contributed by atoms with Crippen LogP contribution in [0.3, 0.4) is 0 Å². The Labute approximate surface area is 107 Å². The highest BCUT2D eigenvalue weighted by Crippen LogP contribution is 2.06. The number of hydrogen-bond acceptors (Lipinski definition) is 2. The topological polar surface area (TPSA) is 34.9 Å². The molecule has 3 nitrogen and oxygen atoms in total. The molecule has 0 saturated carbocycles. The fourth-order valence-corrected chi connectivity index (χ4v) is 1.96. The number of aryl methyl sites for hydroxylation is 1. The zero-order valence-electron chi connectivity index (χ0n) is 10.3. The molecule has 1 rings (SSSR count). The van der Waals surface area contributed by atoms with Crippen LogP contribution in [0.2, 0.25) is 5.15 Å². The van der Waals surface area contributed by atoms with Gasteiger partial charge in [0.05, 0.1) is 0 Å². The first-order chi connectivity index (χ1) is 8.19. The van der Waals surface area contributed by atoms with Gasteiger partial charge in [-0.3, -0.25) is 9.36 Å². The maximum Gasteiger partial charge on any atom is 0.254 e. The number of aromatic nitrogens is 2. The summed E-state index contributed by atoms with van der Waals surface area (Å²) in [7, 11) is 0. The van der Waals surface area contributed by atoms with Crippen molar-refractivity contribution in [2.75, 3.05) is 0 Å². The summed E-state index contributed by atoms with van der Waals surface area (Å²) in [5, 5.41) is 0.287. The third-order valence-corrected chi connectivity index (χ3v) is 2.86. The van der Waals surface area contributed by atoms with E-state index in [2.05, 4.69) is 11.6 Å². The van der Waals surface area contributed by atoms with E-state index >= 15 is 0 Å². The standard InChI is InChI=1S/C13H19ClN2O/c1-3-5-6-7-8-9-16-12(4-2)15-11(14)10-13(16)17/h3,10H,1,4-9H2,2H3. The van der Waals surface area contributed by atoms with Crippen molar-refractivity contribution < 1.29 is 0 Å². The zero-order valence-corrected chi connectivity index (χ0v) is 11.0. The van der Waals surface area contributed by atoms with E-state index in [9.17, 15) is 4.79 Å². The fourth-order valence-electron chi connectivity index (χ4n) is 1.77. The molecule has 0 fully saturated rings. The Kier molecular flexibility index (Phi) is 5.98. The third kappa shape index (κ3) is 4.35. The first-order valence-electron chi connectivity index (χ1n) is 6.06. The minimum atomic E-state index is -0.0504. The third-order valence-electron chi connectivity index (χ3n) is 2.66. The molecule has 0 saturated heterocycles. The van der Waals surface area contributed by atoms with Gasteiger partial charge in [0.25, 0.3) is 5.56 Å². The van der Waals surface area contributed by atoms with Gasteiger partial charge in [0.2, 0.25) is 0 Å². The molecular weight excluding hydrogens is 236 g/mol. The Balaban J connectivity index is 2.63. The van der Waals surface area contributed by atoms with Crippen LogP contribution in [0.15, 0.2) is 23.5 Å². The smallest absolute Gasteiger partial charge is 0.254 e. The number of unbranched alkanes of at least 4 members (excludes halogenated alkanes) is 3. The molecule has 0 aliphatic rings. The van der Waals surface area contributed by atoms with Crippen molar-refractivity contribution in [3.05, 3.63) is 40.1 Å². The van der Waals surface area contributed by atoms with Crippen LogP contribution in [0.4, 0.5) is 0 Å². The van der Waals surface area contributed by atoms with Crippen molar-refractivity contribution in [2.24, 2.45) is 0 Å². The molecule has 0 aliphatic carbocycles. The second kappa shape index (κ2) is 7.28. The number of nitrogens with zero attached hydrogens (tertiary/aromatic N) is 2. The van der Waals surface area contributed by atoms with Crippen LogP contribution < -0.4 is 5.56 Å². The van der Waals surface area contributed by atoms with Crippen molar-refractivity contribution in [3.8, 4) is 0 Å². The average Bonchev–Trinajstić information content (AvgIpc) is 2.30. The van der Waals surface area contributed by atoms with Crippen LogP contribution in [0.5, 0.6) is 0 Å². The molecular formula is C13H19ClN2O. The van der Waals surface area contributed by atoms with Crippen LogP contribution in [-0.4, -0.2) is 9.55 Å². The summed E-state index contributed by atoms with van der Waals surface area (Å²) in [6.45, 7) is 6.39. The van der Waals surface area contributed by atoms with Gasteiger partial charge in [-0.2, -0.15) is 0 Å². The van der Waals surface area contributed by atoms with Gasteiger partial charge in [0, 0.05) is 19.0 Å². The van der Waals surface area contributed by atoms with Crippen LogP contribution in [0, 0.1) is 0 Å². The molecule has 0 N–H and O–H groups in total. The van der Waals surface area contributed by atoms with E-state index in [0.29, 0.717) is 0 Å². The van der Waals surface area contributed by atoms with E-state index in [1.54, 1.807) is 4.57 Å². The molecule has 17 heavy (non-hydrogen) atoms. The lowest BCUT2D eigenvalue weighted by molar-refractivity contribution is 0.549. The maximum atomic E-state index is 11.8. The summed E-state index contributed by atoms with van der Waals surface area (Å²) in [6, 6.07) is 1.38. The summed E-state index contributed by atoms with van der Waals surface area (Å²) < 4.78 is 1.72. The lowest BCUT2D eigenvalue weighted by Gasteiger charge is -2.10. The highest BCUT2D eigenvalue weighted by Gasteiger charge is 2.05. The summed E-state index contributed by atoms with van der Waals surface area (Å²) in [4.78, 5) is 15.9. The molecule has 0 atom stereocenters. The number of hydrogen-bond donors (Lipinski definition) is 0. The van der Waals surface area contributed by atoms with Gasteiger partial charge in [-0.25, -0.2) is 4.98 Å². The predicted octanol–water partition coefficient (Wildman–Crippen LogP) is 3.21. The zero-order chi connectivity index (χ0) is 12.7. The summed E-state index contributed by atoms with van der Waals surface area (Å²) in [6.07, 6.45) is 6.90. The lowest BCUT2D eigenvalue weighted by atomic mass is 10.2. The van der Waals surface area contributed by atoms with Crippen molar-refractivity contribution in [2.45, 2.75) is 45.6 Å². The lowest BCUT2D eigenvalue weighted by Crippen LogP contribution is -2.24. The normalized spacial score (nSPS) is 10.5. The second-order valence-corrected chi connectivity index (χ2v) is 4.36. The van der Waals surface area contributed by atoms with Crippen LogP contribution >= 0.6 is 11.6 Å². The van der Waals surface area contributed by atoms with E-state index in [-0.39, 0.29) is 10.7 Å². The number of rotatable bonds is 7. The first kappa shape index (κ1) is 14.0. The van der Waals surface area contributed by atoms with Gasteiger partial charge >= 0.3 is 0 Å². The van der Waals surface area contributed by atoms with Crippen LogP contribution in [-0.2, 0) is 13.0 Å². The Morgan fingerprint density at radius 3 is 2.88 bits per heavy atom. The Morgan fingerprint density at radius 1 is 1.47 bits per heavy atom. The first-order valence-corrected chi connectivity index (χ1v) is 6.44. The molecule has 0 aliphatic heterocycles. The molecule has 0 radical (unpaired) electrons. The van der Waals surface area contributed by atoms with Gasteiger partial charge in [-0.15, -0.1) is 6.58 Å². The molecule has 1 aromatic rings. The molecule has 0 bridgehead atoms. The van der Waals surface area contributed by atoms with Gasteiger partial charge in [0.15, 0.2) is 0 Å². The van der Waals surface area contributed by atoms with Gasteiger partial charge in [0.1, 0.15) is 11.0 Å². The number of halogens is 1. The minimum Gasteiger partial charge on any atom is -0.297 e. The maximum absolute atomic E-state index is 11.8. The van der Waals surface area contributed by atoms with E-state index in [4.69, 9.17) is 11.6 Å². The molecule has 4 heteroatoms. The Bertz CT molecular complexity index is 426. The highest BCUT2D eigenvalue weighted by atomic mass is 35.5. The minimum absolute atomic E-state index is 0.0504. The summed E-state index contributed by atoms with van der Waals surface area (Å²) in [5.41, 5.74) is -0.0504. The number of allylic oxidation sites excluding steroid dienone is 1. The van der Waals surface area contributed by atoms with Crippen LogP contribution in [0.25, 0.3) is 0 Å². The Hall–Kier alpha value is -1.09. The van der Waals surface area contributed by atoms with E-state index in [1.807, 2.05) is 13.0 Å². The molecule has 0 spiro atoms. The molecule has 0 amide bonds. The molecule has 1 aromatic heterocycles. The van der Waals surface area contributed by atoms with Crippen molar-refractivity contribution in [3.63, 3.8) is 0 Å². The molecule has 0 aromatic carbocycles. The molecule has 0 unspecified atom stereocenters. The largest absolute Gasteiger partial charge is 0.297 e. The summed E-state index contributed by atoms with van der Waals surface area (Å²) in [5.74, 6) is 0.770. The van der Waals surface area contributed by atoms with Crippen molar-refractivity contribution in [1.82, 2.24) is 9.55 Å². The highest BCUT2D eigenvalue weighted by molar-refractivity contribution is 6.29.